The molecule has 4 heteroatoms. The molecule has 1 atom stereocenters. The quantitative estimate of drug-likeness (QED) is 0.656. The van der Waals surface area contributed by atoms with Gasteiger partial charge in [0.25, 0.3) is 0 Å². The Morgan fingerprint density at radius 2 is 1.86 bits per heavy atom. The first-order valence-electron chi connectivity index (χ1n) is 4.88. The van der Waals surface area contributed by atoms with Crippen molar-refractivity contribution in [3.63, 3.8) is 0 Å². The van der Waals surface area contributed by atoms with E-state index >= 15 is 0 Å². The number of nitrogens with zero attached hydrogens (tertiary/aromatic N) is 1. The molecular weight excluding hydrogens is 182 g/mol. The van der Waals surface area contributed by atoms with Crippen molar-refractivity contribution in [3.8, 4) is 0 Å². The van der Waals surface area contributed by atoms with E-state index in [0.29, 0.717) is 11.0 Å². The first-order chi connectivity index (χ1) is 6.20. The number of quaternary nitrogens is 1. The van der Waals surface area contributed by atoms with Gasteiger partial charge in [0.1, 0.15) is 12.6 Å². The molecule has 0 saturated heterocycles. The zero-order valence-corrected chi connectivity index (χ0v) is 9.78. The fourth-order valence-corrected chi connectivity index (χ4v) is 1.35. The van der Waals surface area contributed by atoms with Gasteiger partial charge in [-0.05, 0) is 13.8 Å². The lowest BCUT2D eigenvalue weighted by Gasteiger charge is -2.29. The highest BCUT2D eigenvalue weighted by Crippen LogP contribution is 2.07. The van der Waals surface area contributed by atoms with Crippen molar-refractivity contribution in [2.24, 2.45) is 0 Å². The van der Waals surface area contributed by atoms with E-state index < -0.39 is 5.97 Å². The summed E-state index contributed by atoms with van der Waals surface area (Å²) in [6.45, 7) is 4.56. The van der Waals surface area contributed by atoms with E-state index in [9.17, 15) is 4.79 Å². The van der Waals surface area contributed by atoms with Gasteiger partial charge in [-0.1, -0.05) is 0 Å². The van der Waals surface area contributed by atoms with Crippen molar-refractivity contribution < 1.29 is 19.1 Å². The van der Waals surface area contributed by atoms with Gasteiger partial charge in [-0.15, -0.1) is 0 Å². The van der Waals surface area contributed by atoms with Crippen molar-refractivity contribution in [2.75, 3.05) is 27.7 Å². The summed E-state index contributed by atoms with van der Waals surface area (Å²) in [5, 5.41) is 8.71. The number of likely N-dealkylation sites (N-methyl/N-ethyl adjacent to an activating group) is 1. The van der Waals surface area contributed by atoms with E-state index in [1.807, 2.05) is 35.0 Å². The van der Waals surface area contributed by atoms with Gasteiger partial charge in [0.05, 0.1) is 33.7 Å². The van der Waals surface area contributed by atoms with Crippen molar-refractivity contribution in [1.82, 2.24) is 0 Å². The fourth-order valence-electron chi connectivity index (χ4n) is 1.35. The third-order valence-electron chi connectivity index (χ3n) is 1.62. The van der Waals surface area contributed by atoms with E-state index in [-0.39, 0.29) is 18.6 Å². The smallest absolute Gasteiger partial charge is 0.306 e. The number of carbonyl (C=O) groups is 1. The summed E-state index contributed by atoms with van der Waals surface area (Å²) in [5.41, 5.74) is 0. The Kier molecular flexibility index (Phi) is 5.08. The summed E-state index contributed by atoms with van der Waals surface area (Å²) in [4.78, 5) is 10.6. The number of carboxylic acids is 1. The molecule has 0 aromatic heterocycles. The van der Waals surface area contributed by atoms with Crippen LogP contribution >= 0.6 is 0 Å². The van der Waals surface area contributed by atoms with Crippen LogP contribution in [0.15, 0.2) is 0 Å². The third-order valence-corrected chi connectivity index (χ3v) is 1.62. The van der Waals surface area contributed by atoms with Crippen LogP contribution in [0.3, 0.4) is 0 Å². The highest BCUT2D eigenvalue weighted by atomic mass is 16.5. The number of aliphatic carboxylic acids is 1. The number of hydrogen-bond donors (Lipinski definition) is 1. The van der Waals surface area contributed by atoms with E-state index in [2.05, 4.69) is 0 Å². The highest BCUT2D eigenvalue weighted by Gasteiger charge is 2.22. The number of carboxylic acid groups (broad SMARTS) is 1. The topological polar surface area (TPSA) is 46.5 Å². The average Bonchev–Trinajstić information content (AvgIpc) is 1.77. The van der Waals surface area contributed by atoms with Crippen molar-refractivity contribution >= 4 is 5.97 Å². The van der Waals surface area contributed by atoms with E-state index in [0.717, 1.165) is 0 Å². The van der Waals surface area contributed by atoms with Crippen LogP contribution in [0.1, 0.15) is 20.3 Å². The third kappa shape index (κ3) is 8.01. The fraction of sp³-hybridized carbons (Fsp3) is 0.900. The van der Waals surface area contributed by atoms with Gasteiger partial charge in [-0.2, -0.15) is 0 Å². The number of ether oxygens (including phenoxy) is 1. The summed E-state index contributed by atoms with van der Waals surface area (Å²) in [6, 6.07) is 0. The van der Waals surface area contributed by atoms with Gasteiger partial charge >= 0.3 is 5.97 Å². The van der Waals surface area contributed by atoms with Crippen LogP contribution in [-0.2, 0) is 9.53 Å². The largest absolute Gasteiger partial charge is 0.481 e. The molecule has 84 valence electrons. The van der Waals surface area contributed by atoms with Gasteiger partial charge in [0.2, 0.25) is 0 Å². The molecule has 0 amide bonds. The summed E-state index contributed by atoms with van der Waals surface area (Å²) in [6.07, 6.45) is -0.0494. The molecule has 0 unspecified atom stereocenters. The minimum atomic E-state index is -0.802. The van der Waals surface area contributed by atoms with Crippen LogP contribution in [0.25, 0.3) is 0 Å². The summed E-state index contributed by atoms with van der Waals surface area (Å²) in [5.74, 6) is -0.802. The van der Waals surface area contributed by atoms with E-state index in [1.54, 1.807) is 0 Å². The Hall–Kier alpha value is -0.610. The van der Waals surface area contributed by atoms with Gasteiger partial charge in [0, 0.05) is 0 Å². The second kappa shape index (κ2) is 5.32. The molecule has 1 N–H and O–H groups in total. The molecule has 0 radical (unpaired) electrons. The normalized spacial score (nSPS) is 14.4. The molecule has 0 bridgehead atoms. The zero-order valence-electron chi connectivity index (χ0n) is 9.78. The lowest BCUT2D eigenvalue weighted by atomic mass is 10.2. The molecule has 0 fully saturated rings. The maximum absolute atomic E-state index is 10.6. The maximum atomic E-state index is 10.6. The van der Waals surface area contributed by atoms with Crippen molar-refractivity contribution in [2.45, 2.75) is 32.5 Å². The van der Waals surface area contributed by atoms with E-state index in [1.165, 1.54) is 0 Å². The highest BCUT2D eigenvalue weighted by molar-refractivity contribution is 5.67. The first kappa shape index (κ1) is 13.4. The number of hydrogen-bond acceptors (Lipinski definition) is 2. The molecule has 0 aliphatic carbocycles. The minimum absolute atomic E-state index is 0.0749. The molecule has 0 aliphatic heterocycles. The Morgan fingerprint density at radius 1 is 1.36 bits per heavy atom. The van der Waals surface area contributed by atoms with Crippen LogP contribution in [0.4, 0.5) is 0 Å². The zero-order chi connectivity index (χ0) is 11.4. The molecule has 0 aliphatic rings. The molecule has 4 nitrogen and oxygen atoms in total. The maximum Gasteiger partial charge on any atom is 0.306 e. The van der Waals surface area contributed by atoms with E-state index in [4.69, 9.17) is 9.84 Å². The summed E-state index contributed by atoms with van der Waals surface area (Å²) < 4.78 is 6.25. The van der Waals surface area contributed by atoms with Gasteiger partial charge < -0.3 is 14.3 Å². The molecule has 0 rings (SSSR count). The second-order valence-corrected chi connectivity index (χ2v) is 4.88. The van der Waals surface area contributed by atoms with Gasteiger partial charge in [-0.3, -0.25) is 4.79 Å². The Balaban J connectivity index is 4.17. The molecule has 0 saturated carbocycles. The van der Waals surface area contributed by atoms with Crippen LogP contribution in [0, 0.1) is 0 Å². The minimum Gasteiger partial charge on any atom is -0.481 e. The monoisotopic (exact) mass is 204 g/mol. The molecule has 0 spiro atoms. The Bertz CT molecular complexity index is 184. The standard InChI is InChI=1S/C10H21NO3/c1-8(2)14-9(6-10(12)13)7-11(3,4)5/h8-9H,6-7H2,1-5H3/p+1/t9-/m0/s1. The summed E-state index contributed by atoms with van der Waals surface area (Å²) >= 11 is 0. The van der Waals surface area contributed by atoms with Crippen LogP contribution < -0.4 is 0 Å². The lowest BCUT2D eigenvalue weighted by molar-refractivity contribution is -0.873. The first-order valence-corrected chi connectivity index (χ1v) is 4.88. The Morgan fingerprint density at radius 3 is 2.14 bits per heavy atom. The molecule has 14 heavy (non-hydrogen) atoms. The van der Waals surface area contributed by atoms with Gasteiger partial charge in [-0.25, -0.2) is 0 Å². The van der Waals surface area contributed by atoms with Crippen LogP contribution in [0.2, 0.25) is 0 Å². The number of rotatable bonds is 6. The van der Waals surface area contributed by atoms with Gasteiger partial charge in [0.15, 0.2) is 0 Å². The molecular formula is C10H22NO3+. The van der Waals surface area contributed by atoms with Crippen molar-refractivity contribution in [1.29, 1.82) is 0 Å². The van der Waals surface area contributed by atoms with Crippen LogP contribution in [-0.4, -0.2) is 55.5 Å². The Labute approximate surface area is 86.1 Å². The second-order valence-electron chi connectivity index (χ2n) is 4.88. The SMILES string of the molecule is CC(C)O[C@@H](CC(=O)O)C[N+](C)(C)C. The average molecular weight is 204 g/mol. The van der Waals surface area contributed by atoms with Crippen molar-refractivity contribution in [3.05, 3.63) is 0 Å². The lowest BCUT2D eigenvalue weighted by Crippen LogP contribution is -2.43. The molecule has 0 aromatic rings. The molecule has 0 aromatic carbocycles. The summed E-state index contributed by atoms with van der Waals surface area (Å²) in [7, 11) is 6.08. The molecule has 0 heterocycles. The van der Waals surface area contributed by atoms with Crippen LogP contribution in [0.5, 0.6) is 0 Å². The predicted octanol–water partition coefficient (Wildman–Crippen LogP) is 0.961. The predicted molar refractivity (Wildman–Crippen MR) is 55.2 cm³/mol.